The van der Waals surface area contributed by atoms with Gasteiger partial charge in [-0.25, -0.2) is 13.1 Å². The molecule has 4 nitrogen and oxygen atoms in total. The predicted molar refractivity (Wildman–Crippen MR) is 88.1 cm³/mol. The van der Waals surface area contributed by atoms with E-state index in [0.29, 0.717) is 22.6 Å². The topological polar surface area (TPSA) is 58.2 Å². The van der Waals surface area contributed by atoms with E-state index in [2.05, 4.69) is 23.9 Å². The maximum atomic E-state index is 12.6. The largest absolute Gasteiger partial charge is 0.315 e. The van der Waals surface area contributed by atoms with E-state index < -0.39 is 10.0 Å². The molecule has 1 aliphatic rings. The Morgan fingerprint density at radius 1 is 1.33 bits per heavy atom. The van der Waals surface area contributed by atoms with Crippen molar-refractivity contribution < 1.29 is 8.42 Å². The summed E-state index contributed by atoms with van der Waals surface area (Å²) in [4.78, 5) is 1.09. The van der Waals surface area contributed by atoms with Crippen molar-refractivity contribution >= 4 is 21.4 Å². The molecule has 1 saturated carbocycles. The van der Waals surface area contributed by atoms with Gasteiger partial charge in [-0.1, -0.05) is 13.8 Å². The fourth-order valence-corrected chi connectivity index (χ4v) is 6.05. The molecule has 3 unspecified atom stereocenters. The van der Waals surface area contributed by atoms with Crippen LogP contribution in [0.1, 0.15) is 43.6 Å². The van der Waals surface area contributed by atoms with Crippen molar-refractivity contribution in [1.82, 2.24) is 10.0 Å². The zero-order valence-corrected chi connectivity index (χ0v) is 14.9. The van der Waals surface area contributed by atoms with Gasteiger partial charge in [0.2, 0.25) is 10.0 Å². The van der Waals surface area contributed by atoms with Crippen molar-refractivity contribution in [2.24, 2.45) is 11.8 Å². The van der Waals surface area contributed by atoms with Gasteiger partial charge in [-0.15, -0.1) is 11.3 Å². The van der Waals surface area contributed by atoms with Gasteiger partial charge >= 0.3 is 0 Å². The molecule has 1 aromatic rings. The number of nitrogens with one attached hydrogen (secondary N) is 2. The van der Waals surface area contributed by atoms with E-state index in [9.17, 15) is 8.42 Å². The Hall–Kier alpha value is -0.430. The second-order valence-corrected chi connectivity index (χ2v) is 9.40. The summed E-state index contributed by atoms with van der Waals surface area (Å²) < 4.78 is 28.5. The first kappa shape index (κ1) is 16.9. The van der Waals surface area contributed by atoms with Crippen molar-refractivity contribution in [3.63, 3.8) is 0 Å². The molecule has 120 valence electrons. The summed E-state index contributed by atoms with van der Waals surface area (Å²) in [5, 5.41) is 3.08. The van der Waals surface area contributed by atoms with Crippen molar-refractivity contribution in [3.8, 4) is 0 Å². The molecule has 1 aliphatic carbocycles. The lowest BCUT2D eigenvalue weighted by molar-refractivity contribution is 0.249. The summed E-state index contributed by atoms with van der Waals surface area (Å²) in [6, 6.07) is 1.86. The van der Waals surface area contributed by atoms with E-state index in [-0.39, 0.29) is 6.04 Å². The monoisotopic (exact) mass is 330 g/mol. The van der Waals surface area contributed by atoms with Gasteiger partial charge in [-0.2, -0.15) is 0 Å². The van der Waals surface area contributed by atoms with Crippen LogP contribution in [0.25, 0.3) is 0 Å². The Morgan fingerprint density at radius 2 is 2.05 bits per heavy atom. The van der Waals surface area contributed by atoms with Gasteiger partial charge in [0.1, 0.15) is 4.21 Å². The third-order valence-corrected chi connectivity index (χ3v) is 7.54. The van der Waals surface area contributed by atoms with Gasteiger partial charge in [-0.05, 0) is 56.7 Å². The molecule has 1 fully saturated rings. The fourth-order valence-electron chi connectivity index (χ4n) is 3.05. The highest BCUT2D eigenvalue weighted by Crippen LogP contribution is 2.31. The van der Waals surface area contributed by atoms with Gasteiger partial charge < -0.3 is 5.32 Å². The van der Waals surface area contributed by atoms with Gasteiger partial charge in [0.15, 0.2) is 0 Å². The average molecular weight is 331 g/mol. The minimum Gasteiger partial charge on any atom is -0.315 e. The lowest BCUT2D eigenvalue weighted by atomic mass is 9.80. The summed E-state index contributed by atoms with van der Waals surface area (Å²) in [6.45, 7) is 7.07. The Balaban J connectivity index is 2.13. The van der Waals surface area contributed by atoms with Crippen LogP contribution in [0.2, 0.25) is 0 Å². The lowest BCUT2D eigenvalue weighted by Gasteiger charge is -2.32. The highest BCUT2D eigenvalue weighted by atomic mass is 32.2. The van der Waals surface area contributed by atoms with E-state index in [1.807, 2.05) is 14.0 Å². The Kier molecular flexibility index (Phi) is 5.46. The molecule has 0 spiro atoms. The number of hydrogen-bond donors (Lipinski definition) is 2. The first-order valence-electron chi connectivity index (χ1n) is 7.59. The standard InChI is InChI=1S/C15H26N2O2S2/c1-10-5-6-13(11(2)7-10)17-21(18,19)15-8-12(3)14(20-15)9-16-4/h8,10-11,13,16-17H,5-7,9H2,1-4H3. The van der Waals surface area contributed by atoms with Crippen LogP contribution >= 0.6 is 11.3 Å². The first-order valence-corrected chi connectivity index (χ1v) is 9.89. The van der Waals surface area contributed by atoms with E-state index >= 15 is 0 Å². The molecule has 0 amide bonds. The molecular formula is C15H26N2O2S2. The van der Waals surface area contributed by atoms with Crippen LogP contribution in [-0.2, 0) is 16.6 Å². The van der Waals surface area contributed by atoms with E-state index in [4.69, 9.17) is 0 Å². The summed E-state index contributed by atoms with van der Waals surface area (Å²) in [6.07, 6.45) is 3.14. The highest BCUT2D eigenvalue weighted by molar-refractivity contribution is 7.91. The Morgan fingerprint density at radius 3 is 2.67 bits per heavy atom. The number of aryl methyl sites for hydroxylation is 1. The maximum Gasteiger partial charge on any atom is 0.250 e. The Bertz CT molecular complexity index is 580. The van der Waals surface area contributed by atoms with Crippen molar-refractivity contribution in [2.45, 2.75) is 56.8 Å². The molecule has 3 atom stereocenters. The molecule has 0 saturated heterocycles. The van der Waals surface area contributed by atoms with Crippen LogP contribution in [0.5, 0.6) is 0 Å². The van der Waals surface area contributed by atoms with Crippen LogP contribution in [0, 0.1) is 18.8 Å². The van der Waals surface area contributed by atoms with Crippen molar-refractivity contribution in [3.05, 3.63) is 16.5 Å². The second-order valence-electron chi connectivity index (χ2n) is 6.33. The molecule has 21 heavy (non-hydrogen) atoms. The van der Waals surface area contributed by atoms with E-state index in [1.165, 1.54) is 11.3 Å². The fraction of sp³-hybridized carbons (Fsp3) is 0.733. The van der Waals surface area contributed by atoms with Gasteiger partial charge in [0.05, 0.1) is 0 Å². The van der Waals surface area contributed by atoms with Crippen molar-refractivity contribution in [2.75, 3.05) is 7.05 Å². The molecule has 1 heterocycles. The molecule has 6 heteroatoms. The zero-order valence-electron chi connectivity index (χ0n) is 13.3. The SMILES string of the molecule is CNCc1sc(S(=O)(=O)NC2CCC(C)CC2C)cc1C. The number of hydrogen-bond acceptors (Lipinski definition) is 4. The minimum atomic E-state index is -3.39. The first-order chi connectivity index (χ1) is 9.83. The summed E-state index contributed by atoms with van der Waals surface area (Å²) in [7, 11) is -1.52. The normalized spacial score (nSPS) is 27.0. The van der Waals surface area contributed by atoms with Gasteiger partial charge in [0.25, 0.3) is 0 Å². The smallest absolute Gasteiger partial charge is 0.250 e. The number of rotatable bonds is 5. The molecule has 0 aromatic carbocycles. The average Bonchev–Trinajstić information content (AvgIpc) is 2.76. The van der Waals surface area contributed by atoms with Crippen LogP contribution in [0.4, 0.5) is 0 Å². The van der Waals surface area contributed by atoms with Crippen LogP contribution in [0.3, 0.4) is 0 Å². The summed E-state index contributed by atoms with van der Waals surface area (Å²) in [5.41, 5.74) is 1.04. The third-order valence-electron chi connectivity index (χ3n) is 4.34. The molecule has 2 N–H and O–H groups in total. The maximum absolute atomic E-state index is 12.6. The molecule has 0 bridgehead atoms. The van der Waals surface area contributed by atoms with Crippen LogP contribution in [-0.4, -0.2) is 21.5 Å². The summed E-state index contributed by atoms with van der Waals surface area (Å²) in [5.74, 6) is 1.10. The number of thiophene rings is 1. The van der Waals surface area contributed by atoms with E-state index in [1.54, 1.807) is 6.07 Å². The summed E-state index contributed by atoms with van der Waals surface area (Å²) >= 11 is 1.37. The predicted octanol–water partition coefficient (Wildman–Crippen LogP) is 2.88. The van der Waals surface area contributed by atoms with E-state index in [0.717, 1.165) is 29.7 Å². The third kappa shape index (κ3) is 4.06. The molecular weight excluding hydrogens is 304 g/mol. The molecule has 2 rings (SSSR count). The quantitative estimate of drug-likeness (QED) is 0.873. The van der Waals surface area contributed by atoms with Gasteiger partial charge in [0, 0.05) is 17.5 Å². The van der Waals surface area contributed by atoms with Crippen LogP contribution in [0.15, 0.2) is 10.3 Å². The second kappa shape index (κ2) is 6.77. The Labute approximate surface area is 132 Å². The molecule has 0 radical (unpaired) electrons. The minimum absolute atomic E-state index is 0.0707. The zero-order chi connectivity index (χ0) is 15.6. The highest BCUT2D eigenvalue weighted by Gasteiger charge is 2.30. The van der Waals surface area contributed by atoms with Crippen LogP contribution < -0.4 is 10.0 Å². The molecule has 1 aromatic heterocycles. The number of sulfonamides is 1. The van der Waals surface area contributed by atoms with Gasteiger partial charge in [-0.3, -0.25) is 0 Å². The molecule has 0 aliphatic heterocycles. The lowest BCUT2D eigenvalue weighted by Crippen LogP contribution is -2.42. The van der Waals surface area contributed by atoms with Crippen molar-refractivity contribution in [1.29, 1.82) is 0 Å².